The van der Waals surface area contributed by atoms with E-state index in [4.69, 9.17) is 55.9 Å². The zero-order valence-corrected chi connectivity index (χ0v) is 23.4. The molecule has 1 amide bonds. The second-order valence-corrected chi connectivity index (χ2v) is 9.79. The lowest BCUT2D eigenvalue weighted by Gasteiger charge is -2.15. The molecule has 0 heterocycles. The van der Waals surface area contributed by atoms with Crippen molar-refractivity contribution >= 4 is 86.7 Å². The van der Waals surface area contributed by atoms with Gasteiger partial charge in [-0.3, -0.25) is 4.79 Å². The molecule has 5 nitrogen and oxygen atoms in total. The number of ether oxygens (including phenoxy) is 2. The van der Waals surface area contributed by atoms with Crippen LogP contribution < -0.4 is 14.8 Å². The molecule has 3 aromatic carbocycles. The first-order chi connectivity index (χ1) is 16.7. The van der Waals surface area contributed by atoms with E-state index in [-0.39, 0.29) is 17.2 Å². The summed E-state index contributed by atoms with van der Waals surface area (Å²) in [6, 6.07) is 15.5. The molecule has 3 rings (SSSR count). The van der Waals surface area contributed by atoms with Crippen molar-refractivity contribution in [1.29, 1.82) is 5.26 Å². The Labute approximate surface area is 236 Å². The van der Waals surface area contributed by atoms with Crippen LogP contribution in [-0.2, 0) is 11.4 Å². The molecule has 10 heteroatoms. The van der Waals surface area contributed by atoms with Crippen molar-refractivity contribution in [1.82, 2.24) is 0 Å². The van der Waals surface area contributed by atoms with Gasteiger partial charge in [-0.25, -0.2) is 0 Å². The van der Waals surface area contributed by atoms with Crippen LogP contribution in [0.2, 0.25) is 20.1 Å². The largest absolute Gasteiger partial charge is 0.490 e. The molecule has 0 saturated carbocycles. The van der Waals surface area contributed by atoms with E-state index >= 15 is 0 Å². The van der Waals surface area contributed by atoms with Crippen LogP contribution in [0.15, 0.2) is 54.1 Å². The van der Waals surface area contributed by atoms with E-state index in [1.807, 2.05) is 19.1 Å². The zero-order valence-electron chi connectivity index (χ0n) is 18.2. The Bertz CT molecular complexity index is 1340. The Morgan fingerprint density at radius 3 is 2.51 bits per heavy atom. The minimum Gasteiger partial charge on any atom is -0.490 e. The third-order valence-electron chi connectivity index (χ3n) is 4.57. The molecule has 0 unspecified atom stereocenters. The molecule has 0 radical (unpaired) electrons. The highest BCUT2D eigenvalue weighted by Gasteiger charge is 2.16. The van der Waals surface area contributed by atoms with Gasteiger partial charge in [-0.05, 0) is 83.1 Å². The van der Waals surface area contributed by atoms with Gasteiger partial charge in [0.1, 0.15) is 18.2 Å². The number of carbonyl (C=O) groups is 1. The number of rotatable bonds is 8. The summed E-state index contributed by atoms with van der Waals surface area (Å²) < 4.78 is 12.5. The molecule has 0 spiro atoms. The summed E-state index contributed by atoms with van der Waals surface area (Å²) in [4.78, 5) is 12.7. The summed E-state index contributed by atoms with van der Waals surface area (Å²) in [6.07, 6.45) is 1.46. The Morgan fingerprint density at radius 2 is 1.83 bits per heavy atom. The minimum atomic E-state index is -0.621. The lowest BCUT2D eigenvalue weighted by Crippen LogP contribution is -2.13. The first-order valence-electron chi connectivity index (χ1n) is 10.1. The van der Waals surface area contributed by atoms with Gasteiger partial charge in [0.05, 0.1) is 36.0 Å². The first-order valence-corrected chi connectivity index (χ1v) is 12.7. The molecule has 0 bridgehead atoms. The maximum absolute atomic E-state index is 12.7. The van der Waals surface area contributed by atoms with E-state index in [2.05, 4.69) is 27.9 Å². The third-order valence-corrected chi connectivity index (χ3v) is 6.93. The second-order valence-electron chi connectivity index (χ2n) is 7.03. The van der Waals surface area contributed by atoms with Crippen LogP contribution >= 0.6 is 69.0 Å². The van der Waals surface area contributed by atoms with Crippen LogP contribution in [-0.4, -0.2) is 12.5 Å². The van der Waals surface area contributed by atoms with Crippen molar-refractivity contribution in [2.45, 2.75) is 13.5 Å². The third kappa shape index (κ3) is 7.18. The number of nitriles is 1. The van der Waals surface area contributed by atoms with E-state index in [1.54, 1.807) is 42.5 Å². The zero-order chi connectivity index (χ0) is 25.5. The minimum absolute atomic E-state index is 0.122. The van der Waals surface area contributed by atoms with Gasteiger partial charge in [-0.2, -0.15) is 5.26 Å². The van der Waals surface area contributed by atoms with Crippen molar-refractivity contribution in [2.24, 2.45) is 0 Å². The van der Waals surface area contributed by atoms with Gasteiger partial charge in [-0.1, -0.05) is 58.5 Å². The van der Waals surface area contributed by atoms with E-state index in [1.165, 1.54) is 6.08 Å². The van der Waals surface area contributed by atoms with Crippen LogP contribution in [0.25, 0.3) is 6.08 Å². The second kappa shape index (κ2) is 12.7. The number of hydrogen-bond acceptors (Lipinski definition) is 4. The Morgan fingerprint density at radius 1 is 1.06 bits per heavy atom. The fourth-order valence-corrected chi connectivity index (χ4v) is 4.41. The Kier molecular flexibility index (Phi) is 9.96. The maximum atomic E-state index is 12.7. The molecule has 0 atom stereocenters. The van der Waals surface area contributed by atoms with Crippen LogP contribution in [0.1, 0.15) is 18.1 Å². The molecule has 0 fully saturated rings. The summed E-state index contributed by atoms with van der Waals surface area (Å²) in [5.41, 5.74) is 1.61. The number of anilines is 1. The molecule has 0 aliphatic heterocycles. The summed E-state index contributed by atoms with van der Waals surface area (Å²) in [7, 11) is 0. The van der Waals surface area contributed by atoms with Gasteiger partial charge < -0.3 is 14.8 Å². The van der Waals surface area contributed by atoms with Crippen LogP contribution in [0, 0.1) is 14.9 Å². The molecule has 0 aromatic heterocycles. The van der Waals surface area contributed by atoms with Gasteiger partial charge >= 0.3 is 0 Å². The molecular formula is C25H17Cl4IN2O3. The smallest absolute Gasteiger partial charge is 0.266 e. The van der Waals surface area contributed by atoms with Crippen molar-refractivity contribution in [3.63, 3.8) is 0 Å². The Hall–Kier alpha value is -2.15. The fourth-order valence-electron chi connectivity index (χ4n) is 2.96. The first kappa shape index (κ1) is 27.4. The number of carbonyl (C=O) groups excluding carboxylic acids is 1. The van der Waals surface area contributed by atoms with Crippen molar-refractivity contribution in [3.05, 3.63) is 88.9 Å². The van der Waals surface area contributed by atoms with Crippen LogP contribution in [0.5, 0.6) is 11.5 Å². The molecule has 180 valence electrons. The van der Waals surface area contributed by atoms with Crippen molar-refractivity contribution in [3.8, 4) is 17.6 Å². The van der Waals surface area contributed by atoms with Gasteiger partial charge in [0.2, 0.25) is 0 Å². The van der Waals surface area contributed by atoms with E-state index < -0.39 is 5.91 Å². The summed E-state index contributed by atoms with van der Waals surface area (Å²) in [5, 5.41) is 13.6. The van der Waals surface area contributed by atoms with Gasteiger partial charge in [0.25, 0.3) is 5.91 Å². The highest BCUT2D eigenvalue weighted by molar-refractivity contribution is 14.1. The predicted octanol–water partition coefficient (Wildman–Crippen LogP) is 8.43. The van der Waals surface area contributed by atoms with Crippen molar-refractivity contribution < 1.29 is 14.3 Å². The molecule has 3 aromatic rings. The van der Waals surface area contributed by atoms with Gasteiger partial charge in [0, 0.05) is 0 Å². The molecular weight excluding hydrogens is 645 g/mol. The quantitative estimate of drug-likeness (QED) is 0.149. The van der Waals surface area contributed by atoms with Gasteiger partial charge in [0.15, 0.2) is 11.5 Å². The number of hydrogen-bond donors (Lipinski definition) is 1. The highest BCUT2D eigenvalue weighted by Crippen LogP contribution is 2.36. The topological polar surface area (TPSA) is 71.3 Å². The number of halogens is 5. The molecule has 35 heavy (non-hydrogen) atoms. The normalized spacial score (nSPS) is 11.1. The molecule has 0 aliphatic rings. The van der Waals surface area contributed by atoms with Crippen LogP contribution in [0.4, 0.5) is 5.69 Å². The number of benzene rings is 3. The summed E-state index contributed by atoms with van der Waals surface area (Å²) in [5.74, 6) is 0.384. The standard InChI is InChI=1S/C25H17Cl4IN2O3/c1-2-34-22-11-15(8-16(12-31)25(33)32-21-5-3-4-18(27)23(21)29)10-20(30)24(22)35-13-14-6-7-17(26)19(28)9-14/h3-11H,2,13H2,1H3,(H,32,33)/b16-8-. The van der Waals surface area contributed by atoms with E-state index in [0.29, 0.717) is 44.4 Å². The van der Waals surface area contributed by atoms with Crippen molar-refractivity contribution in [2.75, 3.05) is 11.9 Å². The maximum Gasteiger partial charge on any atom is 0.266 e. The Balaban J connectivity index is 1.86. The average Bonchev–Trinajstić information content (AvgIpc) is 2.82. The average molecular weight is 662 g/mol. The predicted molar refractivity (Wildman–Crippen MR) is 150 cm³/mol. The van der Waals surface area contributed by atoms with E-state index in [0.717, 1.165) is 9.13 Å². The lowest BCUT2D eigenvalue weighted by molar-refractivity contribution is -0.112. The number of nitrogens with one attached hydrogen (secondary N) is 1. The van der Waals surface area contributed by atoms with Crippen LogP contribution in [0.3, 0.4) is 0 Å². The molecule has 0 saturated heterocycles. The number of amides is 1. The summed E-state index contributed by atoms with van der Waals surface area (Å²) in [6.45, 7) is 2.49. The molecule has 0 aliphatic carbocycles. The molecule has 1 N–H and O–H groups in total. The van der Waals surface area contributed by atoms with Gasteiger partial charge in [-0.15, -0.1) is 0 Å². The highest BCUT2D eigenvalue weighted by atomic mass is 127. The lowest BCUT2D eigenvalue weighted by atomic mass is 10.1. The fraction of sp³-hybridized carbons (Fsp3) is 0.120. The van der Waals surface area contributed by atoms with E-state index in [9.17, 15) is 10.1 Å². The monoisotopic (exact) mass is 660 g/mol. The SMILES string of the molecule is CCOc1cc(/C=C(/C#N)C(=O)Nc2cccc(Cl)c2Cl)cc(I)c1OCc1ccc(Cl)c(Cl)c1. The number of nitrogens with zero attached hydrogens (tertiary/aromatic N) is 1. The summed E-state index contributed by atoms with van der Waals surface area (Å²) >= 11 is 26.3.